The zero-order valence-corrected chi connectivity index (χ0v) is 12.2. The molecule has 0 bridgehead atoms. The van der Waals surface area contributed by atoms with Crippen molar-refractivity contribution in [3.05, 3.63) is 36.7 Å². The number of fused-ring (bicyclic) bond motifs is 1. The van der Waals surface area contributed by atoms with Crippen LogP contribution in [0.15, 0.2) is 41.6 Å². The van der Waals surface area contributed by atoms with Crippen molar-refractivity contribution in [3.63, 3.8) is 0 Å². The van der Waals surface area contributed by atoms with Gasteiger partial charge in [-0.15, -0.1) is 0 Å². The molecule has 2 aromatic rings. The molecule has 1 fully saturated rings. The third-order valence-electron chi connectivity index (χ3n) is 3.70. The van der Waals surface area contributed by atoms with Gasteiger partial charge < -0.3 is 5.32 Å². The maximum absolute atomic E-state index is 13.3. The van der Waals surface area contributed by atoms with Crippen molar-refractivity contribution >= 4 is 26.4 Å². The highest BCUT2D eigenvalue weighted by atomic mass is 32.2. The summed E-state index contributed by atoms with van der Waals surface area (Å²) in [4.78, 5) is 4.95. The molecule has 1 unspecified atom stereocenters. The lowest BCUT2D eigenvalue weighted by molar-refractivity contribution is 0.469. The van der Waals surface area contributed by atoms with Crippen LogP contribution in [0.4, 0.5) is 0 Å². The zero-order valence-electron chi connectivity index (χ0n) is 11.4. The Hall–Kier alpha value is -1.43. The average molecular weight is 289 g/mol. The van der Waals surface area contributed by atoms with Crippen LogP contribution in [0.3, 0.4) is 0 Å². The van der Waals surface area contributed by atoms with Gasteiger partial charge in [0.1, 0.15) is 0 Å². The highest BCUT2D eigenvalue weighted by molar-refractivity contribution is 7.98. The Bertz CT molecular complexity index is 699. The molecule has 2 heterocycles. The molecule has 1 aliphatic heterocycles. The monoisotopic (exact) mass is 289 g/mol. The van der Waals surface area contributed by atoms with Gasteiger partial charge in [0.2, 0.25) is 0 Å². The molecule has 1 atom stereocenters. The van der Waals surface area contributed by atoms with Crippen molar-refractivity contribution in [2.24, 2.45) is 0 Å². The molecule has 0 amide bonds. The predicted molar refractivity (Wildman–Crippen MR) is 84.3 cm³/mol. The van der Waals surface area contributed by atoms with E-state index in [4.69, 9.17) is 0 Å². The summed E-state index contributed by atoms with van der Waals surface area (Å²) in [6.45, 7) is 3.42. The van der Waals surface area contributed by atoms with E-state index in [1.807, 2.05) is 28.6 Å². The van der Waals surface area contributed by atoms with Gasteiger partial charge in [-0.1, -0.05) is 12.1 Å². The minimum absolute atomic E-state index is 0.768. The molecule has 106 valence electrons. The van der Waals surface area contributed by atoms with Gasteiger partial charge in [-0.3, -0.25) is 4.98 Å². The van der Waals surface area contributed by atoms with Crippen LogP contribution in [-0.4, -0.2) is 45.5 Å². The lowest BCUT2D eigenvalue weighted by Crippen LogP contribution is -2.34. The van der Waals surface area contributed by atoms with E-state index in [0.29, 0.717) is 0 Å². The fraction of sp³-hybridized carbons (Fsp3) is 0.333. The summed E-state index contributed by atoms with van der Waals surface area (Å²) in [5, 5.41) is 5.33. The van der Waals surface area contributed by atoms with Crippen LogP contribution in [0.2, 0.25) is 0 Å². The predicted octanol–water partition coefficient (Wildman–Crippen LogP) is 1.52. The highest BCUT2D eigenvalue weighted by Crippen LogP contribution is 2.25. The van der Waals surface area contributed by atoms with Crippen molar-refractivity contribution in [3.8, 4) is 0 Å². The molecule has 1 aromatic heterocycles. The molecule has 5 heteroatoms. The second-order valence-electron chi connectivity index (χ2n) is 5.03. The second kappa shape index (κ2) is 5.52. The zero-order chi connectivity index (χ0) is 14.0. The van der Waals surface area contributed by atoms with Crippen molar-refractivity contribution < 1.29 is 4.21 Å². The molecule has 1 saturated heterocycles. The Morgan fingerprint density at radius 3 is 3.05 bits per heavy atom. The minimum Gasteiger partial charge on any atom is -0.315 e. The summed E-state index contributed by atoms with van der Waals surface area (Å²) in [5.74, 6) is 4.06. The molecule has 4 nitrogen and oxygen atoms in total. The molecular weight excluding hydrogens is 270 g/mol. The number of benzene rings is 1. The Labute approximate surface area is 120 Å². The summed E-state index contributed by atoms with van der Waals surface area (Å²) in [7, 11) is -2.45. The number of aromatic nitrogens is 1. The molecule has 0 aliphatic carbocycles. The van der Waals surface area contributed by atoms with Gasteiger partial charge >= 0.3 is 0 Å². The first kappa shape index (κ1) is 13.5. The number of hydrogen-bond acceptors (Lipinski definition) is 3. The summed E-state index contributed by atoms with van der Waals surface area (Å²) in [6, 6.07) is 7.77. The summed E-state index contributed by atoms with van der Waals surface area (Å²) < 4.78 is 15.3. The quantitative estimate of drug-likeness (QED) is 0.853. The summed E-state index contributed by atoms with van der Waals surface area (Å²) in [5.41, 5.74) is 0. The van der Waals surface area contributed by atoms with Gasteiger partial charge in [-0.05, 0) is 31.0 Å². The van der Waals surface area contributed by atoms with Crippen LogP contribution < -0.4 is 5.32 Å². The van der Waals surface area contributed by atoms with Crippen LogP contribution in [0, 0.1) is 0 Å². The molecule has 0 saturated carbocycles. The number of hydrogen-bond donors (Lipinski definition) is 1. The standard InChI is InChI=1S/C15H19N3OS/c1-20(19,18-10-3-7-16-9-11-18)15-5-2-4-13-12-17-8-6-14(13)15/h2,4-6,8,12,16H,1,3,7,9-11H2. The SMILES string of the molecule is C=S(=O)(c1cccc2cnccc12)N1CCCNCC1. The minimum atomic E-state index is -2.45. The largest absolute Gasteiger partial charge is 0.315 e. The number of nitrogens with one attached hydrogen (secondary N) is 1. The Morgan fingerprint density at radius 1 is 1.25 bits per heavy atom. The molecule has 0 spiro atoms. The van der Waals surface area contributed by atoms with E-state index in [-0.39, 0.29) is 0 Å². The van der Waals surface area contributed by atoms with Crippen LogP contribution >= 0.6 is 0 Å². The van der Waals surface area contributed by atoms with Crippen LogP contribution in [0.5, 0.6) is 0 Å². The van der Waals surface area contributed by atoms with Crippen molar-refractivity contribution in [2.75, 3.05) is 26.2 Å². The Morgan fingerprint density at radius 2 is 2.15 bits per heavy atom. The first-order valence-corrected chi connectivity index (χ1v) is 8.54. The topological polar surface area (TPSA) is 45.2 Å². The fourth-order valence-electron chi connectivity index (χ4n) is 2.63. The maximum atomic E-state index is 13.3. The van der Waals surface area contributed by atoms with Crippen molar-refractivity contribution in [1.82, 2.24) is 14.6 Å². The van der Waals surface area contributed by atoms with Crippen LogP contribution in [0.1, 0.15) is 6.42 Å². The normalized spacial score (nSPS) is 20.4. The first-order valence-electron chi connectivity index (χ1n) is 6.85. The number of pyridine rings is 1. The Balaban J connectivity index is 2.09. The number of nitrogens with zero attached hydrogens (tertiary/aromatic N) is 2. The van der Waals surface area contributed by atoms with Crippen molar-refractivity contribution in [1.29, 1.82) is 0 Å². The van der Waals surface area contributed by atoms with Crippen molar-refractivity contribution in [2.45, 2.75) is 11.3 Å². The molecule has 0 radical (unpaired) electrons. The first-order chi connectivity index (χ1) is 9.69. The smallest absolute Gasteiger partial charge is 0.0565 e. The molecule has 1 aromatic carbocycles. The molecule has 3 rings (SSSR count). The van der Waals surface area contributed by atoms with Gasteiger partial charge in [0, 0.05) is 42.8 Å². The molecular formula is C15H19N3OS. The second-order valence-corrected chi connectivity index (χ2v) is 7.26. The lowest BCUT2D eigenvalue weighted by atomic mass is 10.2. The Kier molecular flexibility index (Phi) is 3.74. The summed E-state index contributed by atoms with van der Waals surface area (Å²) in [6.07, 6.45) is 4.54. The number of rotatable bonds is 2. The van der Waals surface area contributed by atoms with Crippen LogP contribution in [0.25, 0.3) is 10.8 Å². The lowest BCUT2D eigenvalue weighted by Gasteiger charge is -2.25. The summed E-state index contributed by atoms with van der Waals surface area (Å²) >= 11 is 0. The van der Waals surface area contributed by atoms with E-state index in [9.17, 15) is 4.21 Å². The van der Waals surface area contributed by atoms with Gasteiger partial charge in [-0.25, -0.2) is 8.51 Å². The average Bonchev–Trinajstić information content (AvgIpc) is 2.76. The third kappa shape index (κ3) is 2.44. The molecule has 1 N–H and O–H groups in total. The maximum Gasteiger partial charge on any atom is 0.0565 e. The van der Waals surface area contributed by atoms with E-state index < -0.39 is 9.71 Å². The third-order valence-corrected chi connectivity index (χ3v) is 5.94. The van der Waals surface area contributed by atoms with E-state index in [0.717, 1.165) is 48.3 Å². The van der Waals surface area contributed by atoms with Gasteiger partial charge in [-0.2, -0.15) is 0 Å². The van der Waals surface area contributed by atoms with Gasteiger partial charge in [0.15, 0.2) is 0 Å². The van der Waals surface area contributed by atoms with E-state index in [1.54, 1.807) is 12.4 Å². The van der Waals surface area contributed by atoms with E-state index >= 15 is 0 Å². The van der Waals surface area contributed by atoms with Gasteiger partial charge in [0.25, 0.3) is 0 Å². The van der Waals surface area contributed by atoms with E-state index in [1.165, 1.54) is 0 Å². The fourth-order valence-corrected chi connectivity index (χ4v) is 4.54. The van der Waals surface area contributed by atoms with Crippen LogP contribution in [-0.2, 0) is 9.71 Å². The molecule has 1 aliphatic rings. The van der Waals surface area contributed by atoms with Gasteiger partial charge in [0.05, 0.1) is 14.6 Å². The highest BCUT2D eigenvalue weighted by Gasteiger charge is 2.21. The molecule has 20 heavy (non-hydrogen) atoms. The van der Waals surface area contributed by atoms with E-state index in [2.05, 4.69) is 16.2 Å².